The number of rotatable bonds is 3. The van der Waals surface area contributed by atoms with Crippen molar-refractivity contribution in [3.8, 4) is 0 Å². The second kappa shape index (κ2) is 4.69. The summed E-state index contributed by atoms with van der Waals surface area (Å²) in [5, 5.41) is 0. The standard InChI is InChI=1S/C13H16/c1-4-5-6-12-7-9-13(10-8-12)11(2)3/h5,7-11H,1,6H2,2-3H3. The van der Waals surface area contributed by atoms with E-state index in [1.54, 1.807) is 0 Å². The first-order chi connectivity index (χ1) is 6.24. The van der Waals surface area contributed by atoms with Gasteiger partial charge in [0.25, 0.3) is 0 Å². The Morgan fingerprint density at radius 2 is 1.92 bits per heavy atom. The van der Waals surface area contributed by atoms with Crippen LogP contribution in [0.2, 0.25) is 0 Å². The lowest BCUT2D eigenvalue weighted by molar-refractivity contribution is 0.865. The summed E-state index contributed by atoms with van der Waals surface area (Å²) in [4.78, 5) is 0. The molecule has 0 atom stereocenters. The number of allylic oxidation sites excluding steroid dienone is 1. The maximum atomic E-state index is 3.54. The van der Waals surface area contributed by atoms with Crippen molar-refractivity contribution in [1.29, 1.82) is 0 Å². The van der Waals surface area contributed by atoms with Crippen molar-refractivity contribution in [3.63, 3.8) is 0 Å². The first-order valence-corrected chi connectivity index (χ1v) is 4.67. The Labute approximate surface area is 80.6 Å². The predicted molar refractivity (Wildman–Crippen MR) is 57.9 cm³/mol. The summed E-state index contributed by atoms with van der Waals surface area (Å²) in [7, 11) is 0. The number of benzene rings is 1. The summed E-state index contributed by atoms with van der Waals surface area (Å²) in [5.74, 6) is 0.615. The molecule has 0 heterocycles. The summed E-state index contributed by atoms with van der Waals surface area (Å²) >= 11 is 0. The minimum Gasteiger partial charge on any atom is -0.133 e. The van der Waals surface area contributed by atoms with Crippen molar-refractivity contribution in [1.82, 2.24) is 0 Å². The summed E-state index contributed by atoms with van der Waals surface area (Å²) in [5.41, 5.74) is 5.49. The fraction of sp³-hybridized carbons (Fsp3) is 0.308. The highest BCUT2D eigenvalue weighted by Gasteiger charge is 1.97. The molecule has 0 saturated carbocycles. The quantitative estimate of drug-likeness (QED) is 0.610. The highest BCUT2D eigenvalue weighted by atomic mass is 14.0. The minimum absolute atomic E-state index is 0.615. The van der Waals surface area contributed by atoms with Gasteiger partial charge in [-0.15, -0.1) is 5.73 Å². The third kappa shape index (κ3) is 2.93. The summed E-state index contributed by atoms with van der Waals surface area (Å²) in [6.07, 6.45) is 2.88. The maximum absolute atomic E-state index is 3.54. The molecule has 1 rings (SSSR count). The van der Waals surface area contributed by atoms with Gasteiger partial charge in [-0.1, -0.05) is 44.7 Å². The molecule has 0 aliphatic heterocycles. The van der Waals surface area contributed by atoms with Gasteiger partial charge in [-0.25, -0.2) is 0 Å². The molecule has 0 nitrogen and oxygen atoms in total. The monoisotopic (exact) mass is 172 g/mol. The average Bonchev–Trinajstić information content (AvgIpc) is 2.15. The van der Waals surface area contributed by atoms with Crippen molar-refractivity contribution >= 4 is 0 Å². The second-order valence-electron chi connectivity index (χ2n) is 3.51. The molecule has 13 heavy (non-hydrogen) atoms. The minimum atomic E-state index is 0.615. The van der Waals surface area contributed by atoms with Crippen LogP contribution < -0.4 is 0 Å². The molecule has 0 aromatic heterocycles. The van der Waals surface area contributed by atoms with E-state index in [-0.39, 0.29) is 0 Å². The van der Waals surface area contributed by atoms with Gasteiger partial charge in [0.1, 0.15) is 0 Å². The van der Waals surface area contributed by atoms with Crippen molar-refractivity contribution < 1.29 is 0 Å². The third-order valence-electron chi connectivity index (χ3n) is 2.13. The van der Waals surface area contributed by atoms with Crippen LogP contribution in [0.3, 0.4) is 0 Å². The smallest absolute Gasteiger partial charge is 0.00215 e. The van der Waals surface area contributed by atoms with Crippen LogP contribution in [0.15, 0.2) is 42.7 Å². The molecule has 0 fully saturated rings. The third-order valence-corrected chi connectivity index (χ3v) is 2.13. The van der Waals surface area contributed by atoms with E-state index in [1.165, 1.54) is 11.1 Å². The van der Waals surface area contributed by atoms with Crippen LogP contribution in [0.25, 0.3) is 0 Å². The van der Waals surface area contributed by atoms with Crippen LogP contribution in [0.1, 0.15) is 30.9 Å². The second-order valence-corrected chi connectivity index (χ2v) is 3.51. The van der Waals surface area contributed by atoms with E-state index in [2.05, 4.69) is 50.4 Å². The Morgan fingerprint density at radius 3 is 2.38 bits per heavy atom. The van der Waals surface area contributed by atoms with E-state index >= 15 is 0 Å². The van der Waals surface area contributed by atoms with Crippen LogP contribution in [0.5, 0.6) is 0 Å². The molecular weight excluding hydrogens is 156 g/mol. The molecule has 0 aliphatic carbocycles. The highest BCUT2D eigenvalue weighted by Crippen LogP contribution is 2.14. The van der Waals surface area contributed by atoms with Gasteiger partial charge in [-0.2, -0.15) is 0 Å². The fourth-order valence-corrected chi connectivity index (χ4v) is 1.23. The van der Waals surface area contributed by atoms with E-state index in [1.807, 2.05) is 6.08 Å². The highest BCUT2D eigenvalue weighted by molar-refractivity contribution is 5.25. The average molecular weight is 172 g/mol. The van der Waals surface area contributed by atoms with Crippen LogP contribution in [0, 0.1) is 0 Å². The van der Waals surface area contributed by atoms with Crippen molar-refractivity contribution in [2.45, 2.75) is 26.2 Å². The zero-order chi connectivity index (χ0) is 9.68. The molecule has 0 unspecified atom stereocenters. The first-order valence-electron chi connectivity index (χ1n) is 4.67. The van der Waals surface area contributed by atoms with Crippen LogP contribution in [0.4, 0.5) is 0 Å². The van der Waals surface area contributed by atoms with E-state index < -0.39 is 0 Å². The van der Waals surface area contributed by atoms with Gasteiger partial charge in [0.05, 0.1) is 0 Å². The zero-order valence-electron chi connectivity index (χ0n) is 8.38. The van der Waals surface area contributed by atoms with Crippen LogP contribution in [-0.4, -0.2) is 0 Å². The molecule has 68 valence electrons. The van der Waals surface area contributed by atoms with E-state index in [0.717, 1.165) is 6.42 Å². The molecule has 0 N–H and O–H groups in total. The maximum Gasteiger partial charge on any atom is -0.00215 e. The Morgan fingerprint density at radius 1 is 1.31 bits per heavy atom. The molecule has 0 saturated heterocycles. The van der Waals surface area contributed by atoms with Crippen LogP contribution >= 0.6 is 0 Å². The number of hydrogen-bond donors (Lipinski definition) is 0. The molecule has 0 heteroatoms. The van der Waals surface area contributed by atoms with Gasteiger partial charge in [-0.05, 0) is 29.5 Å². The predicted octanol–water partition coefficient (Wildman–Crippen LogP) is 3.69. The Kier molecular flexibility index (Phi) is 3.54. The van der Waals surface area contributed by atoms with Gasteiger partial charge >= 0.3 is 0 Å². The van der Waals surface area contributed by atoms with Crippen molar-refractivity contribution in [3.05, 3.63) is 53.8 Å². The van der Waals surface area contributed by atoms with Crippen molar-refractivity contribution in [2.75, 3.05) is 0 Å². The molecule has 0 bridgehead atoms. The topological polar surface area (TPSA) is 0 Å². The first kappa shape index (κ1) is 9.83. The molecule has 1 aromatic rings. The lowest BCUT2D eigenvalue weighted by Gasteiger charge is -2.05. The van der Waals surface area contributed by atoms with Crippen molar-refractivity contribution in [2.24, 2.45) is 0 Å². The Balaban J connectivity index is 2.75. The lowest BCUT2D eigenvalue weighted by atomic mass is 10.0. The van der Waals surface area contributed by atoms with Gasteiger partial charge in [-0.3, -0.25) is 0 Å². The van der Waals surface area contributed by atoms with E-state index in [0.29, 0.717) is 5.92 Å². The summed E-state index contributed by atoms with van der Waals surface area (Å²) < 4.78 is 0. The zero-order valence-corrected chi connectivity index (χ0v) is 8.38. The Bertz CT molecular complexity index is 297. The molecule has 0 spiro atoms. The Hall–Kier alpha value is -1.26. The fourth-order valence-electron chi connectivity index (χ4n) is 1.23. The van der Waals surface area contributed by atoms with Gasteiger partial charge < -0.3 is 0 Å². The molecule has 0 aliphatic rings. The molecule has 0 radical (unpaired) electrons. The molecule has 0 amide bonds. The van der Waals surface area contributed by atoms with E-state index in [4.69, 9.17) is 0 Å². The number of hydrogen-bond acceptors (Lipinski definition) is 0. The van der Waals surface area contributed by atoms with Gasteiger partial charge in [0.15, 0.2) is 0 Å². The molecular formula is C13H16. The summed E-state index contributed by atoms with van der Waals surface area (Å²) in [6, 6.07) is 8.72. The SMILES string of the molecule is C=C=CCc1ccc(C(C)C)cc1. The van der Waals surface area contributed by atoms with Gasteiger partial charge in [0, 0.05) is 0 Å². The van der Waals surface area contributed by atoms with Crippen LogP contribution in [-0.2, 0) is 6.42 Å². The van der Waals surface area contributed by atoms with Gasteiger partial charge in [0.2, 0.25) is 0 Å². The molecule has 1 aromatic carbocycles. The normalized spacial score (nSPS) is 9.77. The van der Waals surface area contributed by atoms with E-state index in [9.17, 15) is 0 Å². The summed E-state index contributed by atoms with van der Waals surface area (Å²) in [6.45, 7) is 7.95. The lowest BCUT2D eigenvalue weighted by Crippen LogP contribution is -1.87. The largest absolute Gasteiger partial charge is 0.133 e.